The summed E-state index contributed by atoms with van der Waals surface area (Å²) in [5, 5.41) is 7.40. The van der Waals surface area contributed by atoms with E-state index in [2.05, 4.69) is 16.7 Å². The Kier molecular flexibility index (Phi) is 7.00. The minimum Gasteiger partial charge on any atom is -0.493 e. The van der Waals surface area contributed by atoms with Crippen LogP contribution >= 0.6 is 0 Å². The van der Waals surface area contributed by atoms with Crippen molar-refractivity contribution in [2.45, 2.75) is 37.8 Å². The Morgan fingerprint density at radius 2 is 1.96 bits per heavy atom. The number of benzene rings is 1. The van der Waals surface area contributed by atoms with Gasteiger partial charge in [-0.15, -0.1) is 0 Å². The van der Waals surface area contributed by atoms with Gasteiger partial charge < -0.3 is 29.6 Å². The van der Waals surface area contributed by atoms with Crippen LogP contribution in [0.4, 0.5) is 0 Å². The van der Waals surface area contributed by atoms with E-state index < -0.39 is 0 Å². The van der Waals surface area contributed by atoms with Gasteiger partial charge in [0.1, 0.15) is 0 Å². The molecule has 0 radical (unpaired) electrons. The Balaban J connectivity index is 1.59. The number of hydrogen-bond donors (Lipinski definition) is 2. The molecule has 2 N–H and O–H groups in total. The zero-order valence-electron chi connectivity index (χ0n) is 16.2. The molecular weight excluding hydrogens is 332 g/mol. The van der Waals surface area contributed by atoms with Crippen LogP contribution in [-0.2, 0) is 11.2 Å². The average Bonchev–Trinajstić information content (AvgIpc) is 3.16. The van der Waals surface area contributed by atoms with Gasteiger partial charge in [-0.25, -0.2) is 0 Å². The standard InChI is InChI=1S/C20H32N2O4/c1-23-18-8-7-14(19(24-2)20(18)25-3)9-10-21-16-6-4-5-15(16)17-13-26-12-11-22-17/h7-8,15-17,21-22H,4-6,9-13H2,1-3H3. The topological polar surface area (TPSA) is 61.0 Å². The maximum Gasteiger partial charge on any atom is 0.203 e. The average molecular weight is 364 g/mol. The summed E-state index contributed by atoms with van der Waals surface area (Å²) < 4.78 is 22.1. The molecule has 3 atom stereocenters. The fourth-order valence-corrected chi connectivity index (χ4v) is 4.34. The van der Waals surface area contributed by atoms with Crippen LogP contribution in [0.5, 0.6) is 17.2 Å². The van der Waals surface area contributed by atoms with Crippen molar-refractivity contribution in [3.05, 3.63) is 17.7 Å². The van der Waals surface area contributed by atoms with Crippen LogP contribution in [0.15, 0.2) is 12.1 Å². The number of morpholine rings is 1. The van der Waals surface area contributed by atoms with Crippen LogP contribution in [0.2, 0.25) is 0 Å². The van der Waals surface area contributed by atoms with Gasteiger partial charge >= 0.3 is 0 Å². The van der Waals surface area contributed by atoms with Gasteiger partial charge in [-0.2, -0.15) is 0 Å². The van der Waals surface area contributed by atoms with Gasteiger partial charge in [-0.3, -0.25) is 0 Å². The third kappa shape index (κ3) is 4.24. The fraction of sp³-hybridized carbons (Fsp3) is 0.700. The number of methoxy groups -OCH3 is 3. The summed E-state index contributed by atoms with van der Waals surface area (Å²) in [5.74, 6) is 2.77. The first-order valence-electron chi connectivity index (χ1n) is 9.60. The predicted molar refractivity (Wildman–Crippen MR) is 102 cm³/mol. The molecule has 1 heterocycles. The second-order valence-electron chi connectivity index (χ2n) is 7.03. The molecule has 3 rings (SSSR count). The van der Waals surface area contributed by atoms with Crippen molar-refractivity contribution in [3.8, 4) is 17.2 Å². The largest absolute Gasteiger partial charge is 0.493 e. The Bertz CT molecular complexity index is 575. The lowest BCUT2D eigenvalue weighted by atomic mass is 9.94. The molecule has 2 fully saturated rings. The van der Waals surface area contributed by atoms with Crippen molar-refractivity contribution in [2.24, 2.45) is 5.92 Å². The summed E-state index contributed by atoms with van der Waals surface area (Å²) >= 11 is 0. The maximum atomic E-state index is 5.66. The third-order valence-electron chi connectivity index (χ3n) is 5.62. The van der Waals surface area contributed by atoms with Crippen molar-refractivity contribution in [1.29, 1.82) is 0 Å². The lowest BCUT2D eigenvalue weighted by Crippen LogP contribution is -2.51. The van der Waals surface area contributed by atoms with Crippen molar-refractivity contribution in [2.75, 3.05) is 47.6 Å². The molecule has 1 aromatic rings. The van der Waals surface area contributed by atoms with Gasteiger partial charge in [-0.1, -0.05) is 12.5 Å². The molecule has 0 bridgehead atoms. The predicted octanol–water partition coefficient (Wildman–Crippen LogP) is 2.00. The molecule has 0 spiro atoms. The van der Waals surface area contributed by atoms with Crippen molar-refractivity contribution < 1.29 is 18.9 Å². The molecule has 1 aliphatic carbocycles. The summed E-state index contributed by atoms with van der Waals surface area (Å²) in [7, 11) is 4.96. The summed E-state index contributed by atoms with van der Waals surface area (Å²) in [6.45, 7) is 3.56. The van der Waals surface area contributed by atoms with Crippen LogP contribution in [0.25, 0.3) is 0 Å². The highest BCUT2D eigenvalue weighted by Crippen LogP contribution is 2.40. The highest BCUT2D eigenvalue weighted by Gasteiger charge is 2.34. The minimum atomic E-state index is 0.486. The molecule has 1 aliphatic heterocycles. The first-order valence-corrected chi connectivity index (χ1v) is 9.60. The quantitative estimate of drug-likeness (QED) is 0.736. The molecule has 1 saturated heterocycles. The number of hydrogen-bond acceptors (Lipinski definition) is 6. The van der Waals surface area contributed by atoms with E-state index in [9.17, 15) is 0 Å². The normalized spacial score (nSPS) is 25.9. The van der Waals surface area contributed by atoms with E-state index in [1.54, 1.807) is 21.3 Å². The summed E-state index contributed by atoms with van der Waals surface area (Å²) in [5.41, 5.74) is 1.13. The Morgan fingerprint density at radius 3 is 2.65 bits per heavy atom. The molecule has 1 aromatic carbocycles. The first-order chi connectivity index (χ1) is 12.8. The third-order valence-corrected chi connectivity index (χ3v) is 5.62. The van der Waals surface area contributed by atoms with Crippen LogP contribution < -0.4 is 24.8 Å². The first kappa shape index (κ1) is 19.3. The lowest BCUT2D eigenvalue weighted by molar-refractivity contribution is 0.0526. The number of rotatable bonds is 8. The van der Waals surface area contributed by atoms with E-state index in [0.717, 1.165) is 44.0 Å². The second kappa shape index (κ2) is 9.44. The van der Waals surface area contributed by atoms with E-state index >= 15 is 0 Å². The van der Waals surface area contributed by atoms with Crippen LogP contribution in [0.3, 0.4) is 0 Å². The van der Waals surface area contributed by atoms with Gasteiger partial charge in [0.05, 0.1) is 34.5 Å². The molecule has 1 saturated carbocycles. The lowest BCUT2D eigenvalue weighted by Gasteiger charge is -2.33. The highest BCUT2D eigenvalue weighted by molar-refractivity contribution is 5.55. The van der Waals surface area contributed by atoms with Gasteiger partial charge in [0.2, 0.25) is 5.75 Å². The SMILES string of the molecule is COc1ccc(CCNC2CCCC2C2COCCN2)c(OC)c1OC. The van der Waals surface area contributed by atoms with E-state index in [-0.39, 0.29) is 0 Å². The Labute approximate surface area is 156 Å². The minimum absolute atomic E-state index is 0.486. The molecule has 6 heteroatoms. The van der Waals surface area contributed by atoms with Gasteiger partial charge in [0.15, 0.2) is 11.5 Å². The number of nitrogens with one attached hydrogen (secondary N) is 2. The van der Waals surface area contributed by atoms with E-state index in [1.165, 1.54) is 19.3 Å². The molecule has 146 valence electrons. The fourth-order valence-electron chi connectivity index (χ4n) is 4.34. The van der Waals surface area contributed by atoms with E-state index in [1.807, 2.05) is 6.07 Å². The van der Waals surface area contributed by atoms with Crippen molar-refractivity contribution in [3.63, 3.8) is 0 Å². The molecule has 2 aliphatic rings. The monoisotopic (exact) mass is 364 g/mol. The molecule has 26 heavy (non-hydrogen) atoms. The zero-order chi connectivity index (χ0) is 18.4. The van der Waals surface area contributed by atoms with E-state index in [4.69, 9.17) is 18.9 Å². The maximum absolute atomic E-state index is 5.66. The van der Waals surface area contributed by atoms with Crippen LogP contribution in [0, 0.1) is 5.92 Å². The highest BCUT2D eigenvalue weighted by atomic mass is 16.5. The second-order valence-corrected chi connectivity index (χ2v) is 7.03. The summed E-state index contributed by atoms with van der Waals surface area (Å²) in [6, 6.07) is 5.04. The summed E-state index contributed by atoms with van der Waals surface area (Å²) in [4.78, 5) is 0. The van der Waals surface area contributed by atoms with Crippen LogP contribution in [-0.4, -0.2) is 59.7 Å². The Hall–Kier alpha value is -1.50. The van der Waals surface area contributed by atoms with Crippen LogP contribution in [0.1, 0.15) is 24.8 Å². The van der Waals surface area contributed by atoms with Crippen molar-refractivity contribution in [1.82, 2.24) is 10.6 Å². The zero-order valence-corrected chi connectivity index (χ0v) is 16.2. The van der Waals surface area contributed by atoms with Crippen molar-refractivity contribution >= 4 is 0 Å². The molecule has 0 amide bonds. The molecule has 0 aromatic heterocycles. The molecular formula is C20H32N2O4. The van der Waals surface area contributed by atoms with Gasteiger partial charge in [-0.05, 0) is 43.4 Å². The Morgan fingerprint density at radius 1 is 1.12 bits per heavy atom. The number of ether oxygens (including phenoxy) is 4. The molecule has 3 unspecified atom stereocenters. The summed E-state index contributed by atoms with van der Waals surface area (Å²) in [6.07, 6.45) is 4.70. The molecule has 6 nitrogen and oxygen atoms in total. The van der Waals surface area contributed by atoms with Gasteiger partial charge in [0, 0.05) is 18.6 Å². The van der Waals surface area contributed by atoms with E-state index in [0.29, 0.717) is 29.5 Å². The smallest absolute Gasteiger partial charge is 0.203 e. The van der Waals surface area contributed by atoms with Gasteiger partial charge in [0.25, 0.3) is 0 Å².